The minimum absolute atomic E-state index is 0.0862. The van der Waals surface area contributed by atoms with Crippen LogP contribution < -0.4 is 4.74 Å². The second-order valence-electron chi connectivity index (χ2n) is 4.28. The summed E-state index contributed by atoms with van der Waals surface area (Å²) < 4.78 is 41.2. The highest BCUT2D eigenvalue weighted by Crippen LogP contribution is 2.33. The standard InChI is InChI=1S/C14H9ClF3NO3/c15-10-7-19-11(5-8(10)6-13(20)21)9-3-1-2-4-12(9)22-14(16,17)18/h1-5,7H,6H2,(H,20,21). The largest absolute Gasteiger partial charge is 0.573 e. The summed E-state index contributed by atoms with van der Waals surface area (Å²) in [7, 11) is 0. The first-order valence-corrected chi connectivity index (χ1v) is 6.35. The molecule has 8 heteroatoms. The number of aromatic nitrogens is 1. The van der Waals surface area contributed by atoms with Gasteiger partial charge in [0.2, 0.25) is 0 Å². The Labute approximate surface area is 128 Å². The molecule has 0 aliphatic heterocycles. The molecule has 22 heavy (non-hydrogen) atoms. The van der Waals surface area contributed by atoms with Crippen LogP contribution in [0.3, 0.4) is 0 Å². The van der Waals surface area contributed by atoms with Crippen molar-refractivity contribution in [2.24, 2.45) is 0 Å². The number of para-hydroxylation sites is 1. The van der Waals surface area contributed by atoms with Crippen molar-refractivity contribution in [1.82, 2.24) is 4.98 Å². The van der Waals surface area contributed by atoms with Gasteiger partial charge < -0.3 is 9.84 Å². The second kappa shape index (κ2) is 6.23. The summed E-state index contributed by atoms with van der Waals surface area (Å²) >= 11 is 5.84. The van der Waals surface area contributed by atoms with Gasteiger partial charge in [0.25, 0.3) is 0 Å². The molecule has 0 bridgehead atoms. The highest BCUT2D eigenvalue weighted by Gasteiger charge is 2.32. The molecule has 1 N–H and O–H groups in total. The van der Waals surface area contributed by atoms with Crippen molar-refractivity contribution >= 4 is 17.6 Å². The summed E-state index contributed by atoms with van der Waals surface area (Å²) in [5, 5.41) is 8.93. The maximum Gasteiger partial charge on any atom is 0.573 e. The molecule has 1 heterocycles. The Bertz CT molecular complexity index is 704. The van der Waals surface area contributed by atoms with Gasteiger partial charge in [-0.05, 0) is 23.8 Å². The van der Waals surface area contributed by atoms with Crippen molar-refractivity contribution in [1.29, 1.82) is 0 Å². The number of halogens is 4. The van der Waals surface area contributed by atoms with Crippen LogP contribution >= 0.6 is 11.6 Å². The third-order valence-corrected chi connectivity index (χ3v) is 3.01. The number of alkyl halides is 3. The normalized spacial score (nSPS) is 11.3. The van der Waals surface area contributed by atoms with Crippen molar-refractivity contribution < 1.29 is 27.8 Å². The quantitative estimate of drug-likeness (QED) is 0.922. The Kier molecular flexibility index (Phi) is 4.56. The molecule has 4 nitrogen and oxygen atoms in total. The predicted molar refractivity (Wildman–Crippen MR) is 72.7 cm³/mol. The Morgan fingerprint density at radius 1 is 1.32 bits per heavy atom. The first-order valence-electron chi connectivity index (χ1n) is 5.97. The van der Waals surface area contributed by atoms with Crippen LogP contribution in [0.15, 0.2) is 36.5 Å². The number of carbonyl (C=O) groups is 1. The molecule has 0 aliphatic carbocycles. The highest BCUT2D eigenvalue weighted by molar-refractivity contribution is 6.31. The Hall–Kier alpha value is -2.28. The molecule has 1 aromatic heterocycles. The summed E-state index contributed by atoms with van der Waals surface area (Å²) in [5.41, 5.74) is 0.476. The lowest BCUT2D eigenvalue weighted by Gasteiger charge is -2.13. The monoisotopic (exact) mass is 331 g/mol. The fourth-order valence-electron chi connectivity index (χ4n) is 1.82. The zero-order valence-corrected chi connectivity index (χ0v) is 11.6. The van der Waals surface area contributed by atoms with E-state index in [9.17, 15) is 18.0 Å². The first kappa shape index (κ1) is 16.1. The van der Waals surface area contributed by atoms with Gasteiger partial charge in [-0.1, -0.05) is 23.7 Å². The second-order valence-corrected chi connectivity index (χ2v) is 4.68. The van der Waals surface area contributed by atoms with Crippen molar-refractivity contribution in [2.75, 3.05) is 0 Å². The molecule has 116 valence electrons. The van der Waals surface area contributed by atoms with Gasteiger partial charge in [-0.15, -0.1) is 13.2 Å². The maximum absolute atomic E-state index is 12.4. The smallest absolute Gasteiger partial charge is 0.481 e. The van der Waals surface area contributed by atoms with Crippen LogP contribution in [0.2, 0.25) is 5.02 Å². The molecule has 0 saturated carbocycles. The van der Waals surface area contributed by atoms with Gasteiger partial charge >= 0.3 is 12.3 Å². The van der Waals surface area contributed by atoms with Crippen LogP contribution in [0.5, 0.6) is 5.75 Å². The summed E-state index contributed by atoms with van der Waals surface area (Å²) in [5.74, 6) is -1.54. The molecule has 0 saturated heterocycles. The van der Waals surface area contributed by atoms with Crippen LogP contribution in [0, 0.1) is 0 Å². The van der Waals surface area contributed by atoms with Crippen molar-refractivity contribution in [3.8, 4) is 17.0 Å². The maximum atomic E-state index is 12.4. The Morgan fingerprint density at radius 2 is 2.00 bits per heavy atom. The summed E-state index contributed by atoms with van der Waals surface area (Å²) in [6.45, 7) is 0. The molecule has 0 amide bonds. The SMILES string of the molecule is O=C(O)Cc1cc(-c2ccccc2OC(F)(F)F)ncc1Cl. The van der Waals surface area contributed by atoms with E-state index in [0.29, 0.717) is 0 Å². The molecule has 2 aromatic rings. The number of hydrogen-bond donors (Lipinski definition) is 1. The van der Waals surface area contributed by atoms with Gasteiger partial charge in [-0.2, -0.15) is 0 Å². The minimum atomic E-state index is -4.84. The van der Waals surface area contributed by atoms with E-state index in [1.54, 1.807) is 0 Å². The topological polar surface area (TPSA) is 59.4 Å². The summed E-state index contributed by atoms with van der Waals surface area (Å²) in [6, 6.07) is 6.78. The molecule has 0 radical (unpaired) electrons. The first-order chi connectivity index (χ1) is 10.3. The lowest BCUT2D eigenvalue weighted by Crippen LogP contribution is -2.17. The average molecular weight is 332 g/mol. The molecular formula is C14H9ClF3NO3. The van der Waals surface area contributed by atoms with Gasteiger partial charge in [-0.3, -0.25) is 9.78 Å². The number of carboxylic acid groups (broad SMARTS) is 1. The van der Waals surface area contributed by atoms with E-state index in [0.717, 1.165) is 6.07 Å². The fourth-order valence-corrected chi connectivity index (χ4v) is 1.99. The Morgan fingerprint density at radius 3 is 2.64 bits per heavy atom. The van der Waals surface area contributed by atoms with Gasteiger partial charge in [0.1, 0.15) is 5.75 Å². The van der Waals surface area contributed by atoms with Crippen LogP contribution in [-0.4, -0.2) is 22.4 Å². The molecule has 0 fully saturated rings. The third kappa shape index (κ3) is 4.11. The zero-order chi connectivity index (χ0) is 16.3. The lowest BCUT2D eigenvalue weighted by atomic mass is 10.1. The summed E-state index contributed by atoms with van der Waals surface area (Å²) in [6.07, 6.45) is -4.01. The van der Waals surface area contributed by atoms with E-state index >= 15 is 0 Å². The van der Waals surface area contributed by atoms with E-state index in [1.165, 1.54) is 30.5 Å². The van der Waals surface area contributed by atoms with E-state index in [2.05, 4.69) is 9.72 Å². The van der Waals surface area contributed by atoms with Crippen molar-refractivity contribution in [3.63, 3.8) is 0 Å². The van der Waals surface area contributed by atoms with Crippen LogP contribution in [0.4, 0.5) is 13.2 Å². The van der Waals surface area contributed by atoms with Crippen LogP contribution in [0.1, 0.15) is 5.56 Å². The van der Waals surface area contributed by atoms with Crippen molar-refractivity contribution in [2.45, 2.75) is 12.8 Å². The molecule has 2 rings (SSSR count). The molecule has 0 spiro atoms. The van der Waals surface area contributed by atoms with E-state index in [1.807, 2.05) is 0 Å². The number of nitrogens with zero attached hydrogens (tertiary/aromatic N) is 1. The molecule has 0 atom stereocenters. The number of carboxylic acids is 1. The number of rotatable bonds is 4. The van der Waals surface area contributed by atoms with Gasteiger partial charge in [0, 0.05) is 11.8 Å². The van der Waals surface area contributed by atoms with E-state index < -0.39 is 18.1 Å². The average Bonchev–Trinajstić information content (AvgIpc) is 2.40. The number of ether oxygens (including phenoxy) is 1. The molecule has 0 aliphatic rings. The van der Waals surface area contributed by atoms with Gasteiger partial charge in [-0.25, -0.2) is 0 Å². The van der Waals surface area contributed by atoms with E-state index in [-0.39, 0.29) is 28.3 Å². The minimum Gasteiger partial charge on any atom is -0.481 e. The number of hydrogen-bond acceptors (Lipinski definition) is 3. The zero-order valence-electron chi connectivity index (χ0n) is 10.9. The van der Waals surface area contributed by atoms with Crippen molar-refractivity contribution in [3.05, 3.63) is 47.1 Å². The predicted octanol–water partition coefficient (Wildman–Crippen LogP) is 3.93. The highest BCUT2D eigenvalue weighted by atomic mass is 35.5. The lowest BCUT2D eigenvalue weighted by molar-refractivity contribution is -0.274. The molecule has 1 aromatic carbocycles. The van der Waals surface area contributed by atoms with E-state index in [4.69, 9.17) is 16.7 Å². The fraction of sp³-hybridized carbons (Fsp3) is 0.143. The molecular weight excluding hydrogens is 323 g/mol. The number of benzene rings is 1. The van der Waals surface area contributed by atoms with Crippen LogP contribution in [0.25, 0.3) is 11.3 Å². The van der Waals surface area contributed by atoms with Gasteiger partial charge in [0.05, 0.1) is 17.1 Å². The Balaban J connectivity index is 2.46. The number of pyridine rings is 1. The molecule has 0 unspecified atom stereocenters. The number of aliphatic carboxylic acids is 1. The summed E-state index contributed by atoms with van der Waals surface area (Å²) in [4.78, 5) is 14.7. The third-order valence-electron chi connectivity index (χ3n) is 2.67. The van der Waals surface area contributed by atoms with Crippen LogP contribution in [-0.2, 0) is 11.2 Å². The van der Waals surface area contributed by atoms with Gasteiger partial charge in [0.15, 0.2) is 0 Å².